The largest absolute Gasteiger partial charge is 0.349 e. The summed E-state index contributed by atoms with van der Waals surface area (Å²) in [5, 5.41) is 3.16. The van der Waals surface area contributed by atoms with Gasteiger partial charge in [0.15, 0.2) is 0 Å². The van der Waals surface area contributed by atoms with Crippen LogP contribution in [0.25, 0.3) is 0 Å². The summed E-state index contributed by atoms with van der Waals surface area (Å²) in [6.45, 7) is 0. The third kappa shape index (κ3) is 4.22. The summed E-state index contributed by atoms with van der Waals surface area (Å²) in [5.41, 5.74) is 0.843. The molecule has 1 aromatic rings. The first-order valence-corrected chi connectivity index (χ1v) is 8.08. The highest BCUT2D eigenvalue weighted by Gasteiger charge is 2.32. The maximum absolute atomic E-state index is 12.2. The molecule has 1 fully saturated rings. The normalized spacial score (nSPS) is 18.0. The molecule has 0 aliphatic heterocycles. The number of amides is 1. The summed E-state index contributed by atoms with van der Waals surface area (Å²) < 4.78 is 1.00. The molecular formula is C15H19BrClNO. The van der Waals surface area contributed by atoms with Gasteiger partial charge >= 0.3 is 0 Å². The van der Waals surface area contributed by atoms with Crippen LogP contribution < -0.4 is 5.32 Å². The Bertz CT molecular complexity index is 444. The lowest BCUT2D eigenvalue weighted by Gasteiger charge is -2.36. The van der Waals surface area contributed by atoms with E-state index in [1.54, 1.807) is 0 Å². The minimum absolute atomic E-state index is 0.0700. The second kappa shape index (κ2) is 6.76. The zero-order chi connectivity index (χ0) is 13.7. The Morgan fingerprint density at radius 3 is 2.68 bits per heavy atom. The van der Waals surface area contributed by atoms with Gasteiger partial charge in [-0.25, -0.2) is 0 Å². The van der Waals surface area contributed by atoms with Gasteiger partial charge in [-0.2, -0.15) is 0 Å². The molecule has 0 aromatic heterocycles. The Kier molecular flexibility index (Phi) is 5.28. The van der Waals surface area contributed by atoms with E-state index in [2.05, 4.69) is 21.2 Å². The smallest absolute Gasteiger partial charge is 0.224 e. The molecule has 0 bridgehead atoms. The average Bonchev–Trinajstić information content (AvgIpc) is 2.39. The maximum Gasteiger partial charge on any atom is 0.224 e. The molecule has 0 atom stereocenters. The standard InChI is InChI=1S/C15H19BrClNO/c16-13-6-4-5-12(9-13)10-14(19)18-15(11-17)7-2-1-3-8-15/h4-6,9H,1-3,7-8,10-11H2,(H,18,19). The highest BCUT2D eigenvalue weighted by Crippen LogP contribution is 2.29. The number of carbonyl (C=O) groups excluding carboxylic acids is 1. The summed E-state index contributed by atoms with van der Waals surface area (Å²) in [6.07, 6.45) is 5.98. The van der Waals surface area contributed by atoms with Crippen molar-refractivity contribution in [2.24, 2.45) is 0 Å². The highest BCUT2D eigenvalue weighted by atomic mass is 79.9. The van der Waals surface area contributed by atoms with E-state index < -0.39 is 0 Å². The van der Waals surface area contributed by atoms with Crippen LogP contribution in [0.1, 0.15) is 37.7 Å². The quantitative estimate of drug-likeness (QED) is 0.820. The first-order valence-electron chi connectivity index (χ1n) is 6.75. The topological polar surface area (TPSA) is 29.1 Å². The Labute approximate surface area is 128 Å². The van der Waals surface area contributed by atoms with Crippen LogP contribution in [0.15, 0.2) is 28.7 Å². The van der Waals surface area contributed by atoms with Gasteiger partial charge in [-0.05, 0) is 30.5 Å². The van der Waals surface area contributed by atoms with Gasteiger partial charge in [0.05, 0.1) is 12.0 Å². The van der Waals surface area contributed by atoms with Crippen molar-refractivity contribution < 1.29 is 4.79 Å². The van der Waals surface area contributed by atoms with E-state index in [1.165, 1.54) is 6.42 Å². The molecule has 19 heavy (non-hydrogen) atoms. The number of halogens is 2. The van der Waals surface area contributed by atoms with E-state index in [4.69, 9.17) is 11.6 Å². The van der Waals surface area contributed by atoms with Crippen LogP contribution in [-0.2, 0) is 11.2 Å². The predicted octanol–water partition coefficient (Wildman–Crippen LogP) is 4.05. The number of hydrogen-bond donors (Lipinski definition) is 1. The second-order valence-corrected chi connectivity index (χ2v) is 6.51. The fraction of sp³-hybridized carbons (Fsp3) is 0.533. The van der Waals surface area contributed by atoms with Crippen LogP contribution in [0.2, 0.25) is 0 Å². The van der Waals surface area contributed by atoms with Gasteiger partial charge < -0.3 is 5.32 Å². The Hall–Kier alpha value is -0.540. The molecule has 1 aliphatic carbocycles. The Balaban J connectivity index is 1.96. The average molecular weight is 345 g/mol. The van der Waals surface area contributed by atoms with Crippen LogP contribution >= 0.6 is 27.5 Å². The summed E-state index contributed by atoms with van der Waals surface area (Å²) in [7, 11) is 0. The van der Waals surface area contributed by atoms with Gasteiger partial charge in [-0.15, -0.1) is 11.6 Å². The predicted molar refractivity (Wildman–Crippen MR) is 82.5 cm³/mol. The molecule has 1 saturated carbocycles. The number of rotatable bonds is 4. The molecule has 1 amide bonds. The SMILES string of the molecule is O=C(Cc1cccc(Br)c1)NC1(CCl)CCCCC1. The fourth-order valence-electron chi connectivity index (χ4n) is 2.69. The van der Waals surface area contributed by atoms with Crippen LogP contribution in [0.3, 0.4) is 0 Å². The lowest BCUT2D eigenvalue weighted by atomic mass is 9.83. The molecule has 0 heterocycles. The molecule has 4 heteroatoms. The third-order valence-electron chi connectivity index (χ3n) is 3.72. The van der Waals surface area contributed by atoms with Gasteiger partial charge in [-0.3, -0.25) is 4.79 Å². The van der Waals surface area contributed by atoms with Crippen molar-refractivity contribution in [3.63, 3.8) is 0 Å². The maximum atomic E-state index is 12.2. The van der Waals surface area contributed by atoms with Gasteiger partial charge in [0.25, 0.3) is 0 Å². The summed E-state index contributed by atoms with van der Waals surface area (Å²) in [6, 6.07) is 7.86. The minimum Gasteiger partial charge on any atom is -0.349 e. The van der Waals surface area contributed by atoms with E-state index in [9.17, 15) is 4.79 Å². The number of benzene rings is 1. The Morgan fingerprint density at radius 2 is 2.05 bits per heavy atom. The van der Waals surface area contributed by atoms with E-state index >= 15 is 0 Å². The number of hydrogen-bond acceptors (Lipinski definition) is 1. The van der Waals surface area contributed by atoms with E-state index in [-0.39, 0.29) is 11.4 Å². The summed E-state index contributed by atoms with van der Waals surface area (Å²) in [4.78, 5) is 12.2. The van der Waals surface area contributed by atoms with Crippen molar-refractivity contribution in [1.82, 2.24) is 5.32 Å². The lowest BCUT2D eigenvalue weighted by Crippen LogP contribution is -2.51. The first-order chi connectivity index (χ1) is 9.13. The van der Waals surface area contributed by atoms with E-state index in [0.29, 0.717) is 12.3 Å². The van der Waals surface area contributed by atoms with Crippen LogP contribution in [-0.4, -0.2) is 17.3 Å². The second-order valence-electron chi connectivity index (χ2n) is 5.33. The van der Waals surface area contributed by atoms with Crippen molar-refractivity contribution in [2.75, 3.05) is 5.88 Å². The molecule has 0 radical (unpaired) electrons. The molecular weight excluding hydrogens is 326 g/mol. The summed E-state index contributed by atoms with van der Waals surface area (Å²) >= 11 is 9.51. The highest BCUT2D eigenvalue weighted by molar-refractivity contribution is 9.10. The fourth-order valence-corrected chi connectivity index (χ4v) is 3.47. The third-order valence-corrected chi connectivity index (χ3v) is 4.73. The zero-order valence-corrected chi connectivity index (χ0v) is 13.3. The molecule has 1 aliphatic rings. The summed E-state index contributed by atoms with van der Waals surface area (Å²) in [5.74, 6) is 0.581. The van der Waals surface area contributed by atoms with Gasteiger partial charge in [0, 0.05) is 10.4 Å². The minimum atomic E-state index is -0.178. The van der Waals surface area contributed by atoms with Crippen LogP contribution in [0, 0.1) is 0 Å². The van der Waals surface area contributed by atoms with Crippen molar-refractivity contribution in [1.29, 1.82) is 0 Å². The van der Waals surface area contributed by atoms with Crippen molar-refractivity contribution in [3.8, 4) is 0 Å². The molecule has 0 spiro atoms. The van der Waals surface area contributed by atoms with E-state index in [1.807, 2.05) is 24.3 Å². The monoisotopic (exact) mass is 343 g/mol. The van der Waals surface area contributed by atoms with Gasteiger partial charge in [0.2, 0.25) is 5.91 Å². The Morgan fingerprint density at radius 1 is 1.32 bits per heavy atom. The number of nitrogens with one attached hydrogen (secondary N) is 1. The molecule has 0 unspecified atom stereocenters. The molecule has 1 aromatic carbocycles. The van der Waals surface area contributed by atoms with Gasteiger partial charge in [-0.1, -0.05) is 47.3 Å². The molecule has 104 valence electrons. The lowest BCUT2D eigenvalue weighted by molar-refractivity contribution is -0.122. The van der Waals surface area contributed by atoms with Gasteiger partial charge in [0.1, 0.15) is 0 Å². The first kappa shape index (κ1) is 14.9. The van der Waals surface area contributed by atoms with Crippen LogP contribution in [0.4, 0.5) is 0 Å². The molecule has 2 nitrogen and oxygen atoms in total. The number of alkyl halides is 1. The molecule has 1 N–H and O–H groups in total. The van der Waals surface area contributed by atoms with Crippen molar-refractivity contribution in [3.05, 3.63) is 34.3 Å². The van der Waals surface area contributed by atoms with E-state index in [0.717, 1.165) is 35.7 Å². The van der Waals surface area contributed by atoms with Crippen molar-refractivity contribution >= 4 is 33.4 Å². The zero-order valence-electron chi connectivity index (χ0n) is 10.9. The molecule has 2 rings (SSSR count). The van der Waals surface area contributed by atoms with Crippen molar-refractivity contribution in [2.45, 2.75) is 44.1 Å². The number of carbonyl (C=O) groups is 1. The molecule has 0 saturated heterocycles. The van der Waals surface area contributed by atoms with Crippen LogP contribution in [0.5, 0.6) is 0 Å².